The summed E-state index contributed by atoms with van der Waals surface area (Å²) in [4.78, 5) is 24.5. The highest BCUT2D eigenvalue weighted by Crippen LogP contribution is 2.39. The molecule has 0 unspecified atom stereocenters. The van der Waals surface area contributed by atoms with E-state index in [1.165, 1.54) is 4.90 Å². The van der Waals surface area contributed by atoms with Gasteiger partial charge in [-0.15, -0.1) is 0 Å². The topological polar surface area (TPSA) is 95.5 Å². The molecule has 0 saturated carbocycles. The van der Waals surface area contributed by atoms with Gasteiger partial charge in [0.1, 0.15) is 0 Å². The third kappa shape index (κ3) is 4.11. The van der Waals surface area contributed by atoms with E-state index in [9.17, 15) is 13.2 Å². The summed E-state index contributed by atoms with van der Waals surface area (Å²) in [5, 5.41) is 2.70. The molecule has 2 aliphatic rings. The van der Waals surface area contributed by atoms with Crippen molar-refractivity contribution in [1.29, 1.82) is 0 Å². The van der Waals surface area contributed by atoms with E-state index in [0.29, 0.717) is 31.1 Å². The lowest BCUT2D eigenvalue weighted by Crippen LogP contribution is -2.37. The second kappa shape index (κ2) is 7.72. The predicted molar refractivity (Wildman–Crippen MR) is 110 cm³/mol. The number of sulfone groups is 1. The van der Waals surface area contributed by atoms with E-state index in [1.807, 2.05) is 35.2 Å². The van der Waals surface area contributed by atoms with Gasteiger partial charge in [0.2, 0.25) is 11.9 Å². The minimum atomic E-state index is -3.30. The van der Waals surface area contributed by atoms with Crippen LogP contribution in [0.5, 0.6) is 0 Å². The number of rotatable bonds is 5. The number of amides is 1. The van der Waals surface area contributed by atoms with Gasteiger partial charge in [0.15, 0.2) is 9.84 Å². The first-order valence-electron chi connectivity index (χ1n) is 9.61. The van der Waals surface area contributed by atoms with Crippen molar-refractivity contribution in [3.63, 3.8) is 0 Å². The number of likely N-dealkylation sites (N-methyl/N-ethyl adjacent to an activating group) is 1. The van der Waals surface area contributed by atoms with Crippen molar-refractivity contribution in [3.05, 3.63) is 53.3 Å². The maximum atomic E-state index is 12.8. The Kier molecular flexibility index (Phi) is 5.26. The van der Waals surface area contributed by atoms with Gasteiger partial charge in [0.25, 0.3) is 0 Å². The highest BCUT2D eigenvalue weighted by Gasteiger charge is 2.47. The van der Waals surface area contributed by atoms with E-state index in [2.05, 4.69) is 15.3 Å². The average molecular weight is 416 g/mol. The molecule has 1 N–H and O–H groups in total. The normalized spacial score (nSPS) is 22.6. The number of likely N-dealkylation sites (tertiary alicyclic amines) is 1. The fourth-order valence-electron chi connectivity index (χ4n) is 3.98. The minimum Gasteiger partial charge on any atom is -0.350 e. The highest BCUT2D eigenvalue weighted by molar-refractivity contribution is 7.91. The van der Waals surface area contributed by atoms with Crippen LogP contribution in [0.15, 0.2) is 36.5 Å². The van der Waals surface area contributed by atoms with Gasteiger partial charge in [-0.3, -0.25) is 9.69 Å². The maximum absolute atomic E-state index is 12.8. The van der Waals surface area contributed by atoms with Crippen LogP contribution < -0.4 is 5.32 Å². The smallest absolute Gasteiger partial charge is 0.236 e. The Balaban J connectivity index is 1.56. The molecule has 1 aromatic carbocycles. The number of hydrogen-bond acceptors (Lipinski definition) is 7. The summed E-state index contributed by atoms with van der Waals surface area (Å²) in [6.45, 7) is 1.68. The second-order valence-electron chi connectivity index (χ2n) is 7.88. The number of benzene rings is 1. The van der Waals surface area contributed by atoms with Crippen LogP contribution in [0.4, 0.5) is 5.95 Å². The van der Waals surface area contributed by atoms with Crippen molar-refractivity contribution in [2.24, 2.45) is 0 Å². The first kappa shape index (κ1) is 19.8. The van der Waals surface area contributed by atoms with Gasteiger partial charge < -0.3 is 10.2 Å². The first-order chi connectivity index (χ1) is 13.8. The average Bonchev–Trinajstić information content (AvgIpc) is 3.12. The predicted octanol–water partition coefficient (Wildman–Crippen LogP) is 0.873. The third-order valence-corrected chi connectivity index (χ3v) is 7.67. The van der Waals surface area contributed by atoms with Crippen molar-refractivity contribution >= 4 is 21.7 Å². The molecule has 29 heavy (non-hydrogen) atoms. The molecule has 0 radical (unpaired) electrons. The maximum Gasteiger partial charge on any atom is 0.236 e. The van der Waals surface area contributed by atoms with E-state index in [1.54, 1.807) is 20.3 Å². The van der Waals surface area contributed by atoms with E-state index in [0.717, 1.165) is 11.3 Å². The molecule has 2 aromatic rings. The van der Waals surface area contributed by atoms with Gasteiger partial charge in [-0.05, 0) is 5.56 Å². The van der Waals surface area contributed by atoms with Crippen molar-refractivity contribution < 1.29 is 13.2 Å². The quantitative estimate of drug-likeness (QED) is 0.774. The second-order valence-corrected chi connectivity index (χ2v) is 10.1. The van der Waals surface area contributed by atoms with Gasteiger partial charge in [-0.25, -0.2) is 18.4 Å². The van der Waals surface area contributed by atoms with Gasteiger partial charge in [0, 0.05) is 51.4 Å². The Labute approximate surface area is 170 Å². The van der Waals surface area contributed by atoms with E-state index in [4.69, 9.17) is 0 Å². The van der Waals surface area contributed by atoms with Gasteiger partial charge >= 0.3 is 0 Å². The number of hydrogen-bond donors (Lipinski definition) is 1. The zero-order chi connectivity index (χ0) is 20.6. The number of nitrogens with one attached hydrogen (secondary N) is 1. The number of anilines is 1. The van der Waals surface area contributed by atoms with Crippen LogP contribution in [0.25, 0.3) is 0 Å². The molecular weight excluding hydrogens is 390 g/mol. The fourth-order valence-corrected chi connectivity index (χ4v) is 6.00. The molecule has 1 saturated heterocycles. The molecule has 0 bridgehead atoms. The molecular formula is C20H25N5O3S. The van der Waals surface area contributed by atoms with Crippen LogP contribution in [0.3, 0.4) is 0 Å². The zero-order valence-electron chi connectivity index (χ0n) is 16.6. The molecule has 154 valence electrons. The lowest BCUT2D eigenvalue weighted by Gasteiger charge is -2.26. The molecule has 0 aliphatic carbocycles. The number of carbonyl (C=O) groups is 1. The lowest BCUT2D eigenvalue weighted by atomic mass is 10.00. The molecule has 3 heterocycles. The summed E-state index contributed by atoms with van der Waals surface area (Å²) < 4.78 is 25.6. The largest absolute Gasteiger partial charge is 0.350 e. The first-order valence-corrected chi connectivity index (χ1v) is 11.3. The van der Waals surface area contributed by atoms with Crippen LogP contribution in [0, 0.1) is 0 Å². The summed E-state index contributed by atoms with van der Waals surface area (Å²) in [6, 6.07) is 9.95. The van der Waals surface area contributed by atoms with E-state index >= 15 is 0 Å². The third-order valence-electron chi connectivity index (χ3n) is 5.56. The molecule has 1 fully saturated rings. The molecule has 9 heteroatoms. The van der Waals surface area contributed by atoms with Crippen LogP contribution in [0.1, 0.15) is 22.7 Å². The number of nitrogens with zero attached hydrogens (tertiary/aromatic N) is 4. The van der Waals surface area contributed by atoms with Crippen molar-refractivity contribution in [1.82, 2.24) is 19.8 Å². The molecule has 2 atom stereocenters. The van der Waals surface area contributed by atoms with Crippen molar-refractivity contribution in [2.45, 2.75) is 23.5 Å². The van der Waals surface area contributed by atoms with Crippen molar-refractivity contribution in [3.8, 4) is 0 Å². The van der Waals surface area contributed by atoms with Gasteiger partial charge in [-0.1, -0.05) is 30.3 Å². The van der Waals surface area contributed by atoms with Crippen LogP contribution >= 0.6 is 0 Å². The van der Waals surface area contributed by atoms with Crippen LogP contribution in [0.2, 0.25) is 0 Å². The van der Waals surface area contributed by atoms with Gasteiger partial charge in [0.05, 0.1) is 23.2 Å². The summed E-state index contributed by atoms with van der Waals surface area (Å²) in [5.74, 6) is 0.180. The summed E-state index contributed by atoms with van der Waals surface area (Å²) in [6.07, 6.45) is 1.62. The molecule has 1 amide bonds. The Bertz CT molecular complexity index is 1010. The van der Waals surface area contributed by atoms with Crippen LogP contribution in [-0.2, 0) is 26.9 Å². The highest BCUT2D eigenvalue weighted by atomic mass is 32.2. The standard InChI is InChI=1S/C20H25N5O3S/c1-24(2)18(26)12-25-10-16-17(11-25)29(27,28)13-15-9-22-20(23-19(15)16)21-8-14-6-4-3-5-7-14/h3-7,9,16-17H,8,10-13H2,1-2H3,(H,21,22,23)/t16-,17+/m1/s1. The SMILES string of the molecule is CN(C)C(=O)CN1C[C@H]2c3nc(NCc4ccccc4)ncc3CS(=O)(=O)[C@H]2C1. The summed E-state index contributed by atoms with van der Waals surface area (Å²) in [7, 11) is 0.110. The Morgan fingerprint density at radius 3 is 2.72 bits per heavy atom. The van der Waals surface area contributed by atoms with E-state index in [-0.39, 0.29) is 24.1 Å². The lowest BCUT2D eigenvalue weighted by molar-refractivity contribution is -0.129. The Hall–Kier alpha value is -2.52. The van der Waals surface area contributed by atoms with Crippen LogP contribution in [-0.4, -0.2) is 73.1 Å². The van der Waals surface area contributed by atoms with Gasteiger partial charge in [-0.2, -0.15) is 0 Å². The summed E-state index contributed by atoms with van der Waals surface area (Å²) in [5.41, 5.74) is 2.57. The Morgan fingerprint density at radius 1 is 1.24 bits per heavy atom. The summed E-state index contributed by atoms with van der Waals surface area (Å²) >= 11 is 0. The molecule has 2 aliphatic heterocycles. The number of aromatic nitrogens is 2. The molecule has 8 nitrogen and oxygen atoms in total. The fraction of sp³-hybridized carbons (Fsp3) is 0.450. The molecule has 1 aromatic heterocycles. The number of carbonyl (C=O) groups excluding carboxylic acids is 1. The monoisotopic (exact) mass is 415 g/mol. The Morgan fingerprint density at radius 2 is 2.00 bits per heavy atom. The van der Waals surface area contributed by atoms with Crippen molar-refractivity contribution in [2.75, 3.05) is 39.0 Å². The zero-order valence-corrected chi connectivity index (χ0v) is 17.4. The molecule has 4 rings (SSSR count). The molecule has 0 spiro atoms. The number of fused-ring (bicyclic) bond motifs is 3. The van der Waals surface area contributed by atoms with E-state index < -0.39 is 15.1 Å². The minimum absolute atomic E-state index is 0.0332.